The second-order valence-corrected chi connectivity index (χ2v) is 11.7. The first kappa shape index (κ1) is 29.9. The number of ether oxygens (including phenoxy) is 1. The number of nitrogens with zero attached hydrogens (tertiary/aromatic N) is 3. The van der Waals surface area contributed by atoms with Gasteiger partial charge in [-0.2, -0.15) is 0 Å². The lowest BCUT2D eigenvalue weighted by molar-refractivity contribution is -0.384. The molecule has 1 N–H and O–H groups in total. The second kappa shape index (κ2) is 12.9. The number of sulfonamides is 1. The van der Waals surface area contributed by atoms with Crippen LogP contribution in [0, 0.1) is 17.0 Å². The molecule has 0 radical (unpaired) electrons. The van der Waals surface area contributed by atoms with Gasteiger partial charge in [-0.15, -0.1) is 0 Å². The van der Waals surface area contributed by atoms with Crippen LogP contribution in [0.25, 0.3) is 0 Å². The van der Waals surface area contributed by atoms with Crippen molar-refractivity contribution in [3.63, 3.8) is 0 Å². The third kappa shape index (κ3) is 7.69. The molecule has 0 spiro atoms. The molecular formula is C27H36N4O7S. The van der Waals surface area contributed by atoms with Crippen molar-refractivity contribution in [3.8, 4) is 5.75 Å². The van der Waals surface area contributed by atoms with Gasteiger partial charge in [-0.1, -0.05) is 38.0 Å². The van der Waals surface area contributed by atoms with Crippen molar-refractivity contribution in [2.75, 3.05) is 24.2 Å². The molecule has 1 aliphatic rings. The molecule has 0 aliphatic heterocycles. The number of benzene rings is 2. The van der Waals surface area contributed by atoms with Gasteiger partial charge in [0.05, 0.1) is 24.0 Å². The van der Waals surface area contributed by atoms with Gasteiger partial charge in [0.1, 0.15) is 18.3 Å². The van der Waals surface area contributed by atoms with E-state index in [2.05, 4.69) is 5.32 Å². The quantitative estimate of drug-likeness (QED) is 0.309. The molecule has 1 aliphatic carbocycles. The standard InChI is InChI=1S/C27H36N4O7S/c1-5-24(27(33)28-21-10-6-7-11-21)29(17-20-9-8-12-23(15-20)38-3)26(32)18-30(39(4,36)37)25-16-22(31(34)35)14-13-19(25)2/h8-9,12-16,21,24H,5-7,10-11,17-18H2,1-4H3,(H,28,33)/t24-/m0/s1. The van der Waals surface area contributed by atoms with E-state index in [1.165, 1.54) is 24.1 Å². The Morgan fingerprint density at radius 1 is 1.18 bits per heavy atom. The number of aryl methyl sites for hydroxylation is 1. The Balaban J connectivity index is 1.99. The van der Waals surface area contributed by atoms with E-state index >= 15 is 0 Å². The third-order valence-corrected chi connectivity index (χ3v) is 8.05. The highest BCUT2D eigenvalue weighted by Gasteiger charge is 2.33. The molecule has 1 atom stereocenters. The average molecular weight is 561 g/mol. The van der Waals surface area contributed by atoms with Gasteiger partial charge >= 0.3 is 0 Å². The van der Waals surface area contributed by atoms with Gasteiger partial charge in [0.25, 0.3) is 5.69 Å². The summed E-state index contributed by atoms with van der Waals surface area (Å²) in [6, 6.07) is 10.1. The largest absolute Gasteiger partial charge is 0.497 e. The van der Waals surface area contributed by atoms with Crippen LogP contribution in [0.1, 0.15) is 50.2 Å². The fourth-order valence-electron chi connectivity index (χ4n) is 4.83. The Morgan fingerprint density at radius 3 is 2.46 bits per heavy atom. The lowest BCUT2D eigenvalue weighted by Gasteiger charge is -2.33. The zero-order chi connectivity index (χ0) is 28.7. The molecule has 0 heterocycles. The van der Waals surface area contributed by atoms with Crippen LogP contribution in [0.2, 0.25) is 0 Å². The molecule has 0 bridgehead atoms. The Kier molecular flexibility index (Phi) is 9.90. The first-order chi connectivity index (χ1) is 18.4. The number of rotatable bonds is 12. The van der Waals surface area contributed by atoms with Crippen LogP contribution in [0.5, 0.6) is 5.75 Å². The number of carbonyl (C=O) groups excluding carboxylic acids is 2. The number of nitro groups is 1. The molecule has 12 heteroatoms. The summed E-state index contributed by atoms with van der Waals surface area (Å²) < 4.78 is 31.9. The van der Waals surface area contributed by atoms with Crippen LogP contribution in [-0.4, -0.2) is 62.0 Å². The summed E-state index contributed by atoms with van der Waals surface area (Å²) >= 11 is 0. The number of anilines is 1. The molecule has 1 saturated carbocycles. The molecule has 0 saturated heterocycles. The van der Waals surface area contributed by atoms with Crippen molar-refractivity contribution in [1.29, 1.82) is 0 Å². The molecule has 212 valence electrons. The highest BCUT2D eigenvalue weighted by molar-refractivity contribution is 7.92. The van der Waals surface area contributed by atoms with Gasteiger partial charge in [0.15, 0.2) is 0 Å². The Hall–Kier alpha value is -3.67. The number of methoxy groups -OCH3 is 1. The summed E-state index contributed by atoms with van der Waals surface area (Å²) in [4.78, 5) is 39.4. The molecule has 11 nitrogen and oxygen atoms in total. The molecule has 0 aromatic heterocycles. The molecule has 0 unspecified atom stereocenters. The number of non-ortho nitro benzene ring substituents is 1. The summed E-state index contributed by atoms with van der Waals surface area (Å²) in [7, 11) is -2.50. The number of hydrogen-bond donors (Lipinski definition) is 1. The predicted octanol–water partition coefficient (Wildman–Crippen LogP) is 3.54. The van der Waals surface area contributed by atoms with E-state index in [4.69, 9.17) is 4.74 Å². The van der Waals surface area contributed by atoms with Crippen LogP contribution < -0.4 is 14.4 Å². The van der Waals surface area contributed by atoms with Crippen molar-refractivity contribution in [1.82, 2.24) is 10.2 Å². The minimum absolute atomic E-state index is 0.0323. The normalized spacial score (nSPS) is 14.5. The van der Waals surface area contributed by atoms with Crippen molar-refractivity contribution < 1.29 is 27.7 Å². The van der Waals surface area contributed by atoms with Crippen LogP contribution in [0.15, 0.2) is 42.5 Å². The smallest absolute Gasteiger partial charge is 0.271 e. The van der Waals surface area contributed by atoms with Gasteiger partial charge in [-0.3, -0.25) is 24.0 Å². The average Bonchev–Trinajstić information content (AvgIpc) is 3.39. The lowest BCUT2D eigenvalue weighted by Crippen LogP contribution is -2.53. The van der Waals surface area contributed by atoms with E-state index in [1.807, 2.05) is 0 Å². The van der Waals surface area contributed by atoms with Crippen molar-refractivity contribution in [3.05, 3.63) is 63.7 Å². The summed E-state index contributed by atoms with van der Waals surface area (Å²) in [6.07, 6.45) is 5.05. The van der Waals surface area contributed by atoms with Crippen molar-refractivity contribution >= 4 is 33.2 Å². The van der Waals surface area contributed by atoms with Crippen LogP contribution >= 0.6 is 0 Å². The molecule has 2 amide bonds. The van der Waals surface area contributed by atoms with Crippen LogP contribution in [-0.2, 0) is 26.2 Å². The number of nitrogens with one attached hydrogen (secondary N) is 1. The maximum atomic E-state index is 13.9. The third-order valence-electron chi connectivity index (χ3n) is 6.93. The zero-order valence-electron chi connectivity index (χ0n) is 22.8. The summed E-state index contributed by atoms with van der Waals surface area (Å²) in [5, 5.41) is 14.4. The first-order valence-electron chi connectivity index (χ1n) is 12.9. The number of hydrogen-bond acceptors (Lipinski definition) is 7. The Bertz CT molecular complexity index is 1310. The minimum atomic E-state index is -4.02. The fourth-order valence-corrected chi connectivity index (χ4v) is 5.73. The van der Waals surface area contributed by atoms with Crippen molar-refractivity contribution in [2.24, 2.45) is 0 Å². The van der Waals surface area contributed by atoms with E-state index in [1.54, 1.807) is 38.1 Å². The second-order valence-electron chi connectivity index (χ2n) is 9.78. The van der Waals surface area contributed by atoms with E-state index in [0.717, 1.165) is 42.3 Å². The summed E-state index contributed by atoms with van der Waals surface area (Å²) in [6.45, 7) is 2.82. The SMILES string of the molecule is CC[C@@H](C(=O)NC1CCCC1)N(Cc1cccc(OC)c1)C(=O)CN(c1cc([N+](=O)[O-])ccc1C)S(C)(=O)=O. The maximum Gasteiger partial charge on any atom is 0.271 e. The van der Waals surface area contributed by atoms with Crippen molar-refractivity contribution in [2.45, 2.75) is 64.6 Å². The van der Waals surface area contributed by atoms with E-state index in [9.17, 15) is 28.1 Å². The fraction of sp³-hybridized carbons (Fsp3) is 0.481. The highest BCUT2D eigenvalue weighted by atomic mass is 32.2. The first-order valence-corrected chi connectivity index (χ1v) is 14.7. The Labute approximate surface area is 229 Å². The van der Waals surface area contributed by atoms with E-state index < -0.39 is 33.4 Å². The summed E-state index contributed by atoms with van der Waals surface area (Å²) in [5.41, 5.74) is 0.883. The van der Waals surface area contributed by atoms with Gasteiger partial charge in [-0.25, -0.2) is 8.42 Å². The van der Waals surface area contributed by atoms with Gasteiger partial charge in [0.2, 0.25) is 21.8 Å². The molecule has 1 fully saturated rings. The molecule has 2 aromatic carbocycles. The van der Waals surface area contributed by atoms with Gasteiger partial charge < -0.3 is 15.0 Å². The molecule has 39 heavy (non-hydrogen) atoms. The van der Waals surface area contributed by atoms with Crippen LogP contribution in [0.4, 0.5) is 11.4 Å². The van der Waals surface area contributed by atoms with E-state index in [0.29, 0.717) is 23.3 Å². The number of amides is 2. The minimum Gasteiger partial charge on any atom is -0.497 e. The molecule has 2 aromatic rings. The van der Waals surface area contributed by atoms with Gasteiger partial charge in [-0.05, 0) is 49.4 Å². The highest BCUT2D eigenvalue weighted by Crippen LogP contribution is 2.28. The Morgan fingerprint density at radius 2 is 1.87 bits per heavy atom. The van der Waals surface area contributed by atoms with E-state index in [-0.39, 0.29) is 29.9 Å². The predicted molar refractivity (Wildman–Crippen MR) is 148 cm³/mol. The van der Waals surface area contributed by atoms with Gasteiger partial charge in [0, 0.05) is 24.7 Å². The maximum absolute atomic E-state index is 13.9. The number of carbonyl (C=O) groups is 2. The number of nitro benzene ring substituents is 1. The monoisotopic (exact) mass is 560 g/mol. The molecular weight excluding hydrogens is 524 g/mol. The zero-order valence-corrected chi connectivity index (χ0v) is 23.6. The molecule has 3 rings (SSSR count). The van der Waals surface area contributed by atoms with Crippen LogP contribution in [0.3, 0.4) is 0 Å². The lowest BCUT2D eigenvalue weighted by atomic mass is 10.1. The summed E-state index contributed by atoms with van der Waals surface area (Å²) in [5.74, 6) is -0.325. The topological polar surface area (TPSA) is 139 Å².